The third-order valence-corrected chi connectivity index (χ3v) is 5.84. The predicted octanol–water partition coefficient (Wildman–Crippen LogP) is 4.51. The van der Waals surface area contributed by atoms with Crippen LogP contribution in [-0.4, -0.2) is 19.5 Å². The van der Waals surface area contributed by atoms with Crippen LogP contribution >= 0.6 is 0 Å². The van der Waals surface area contributed by atoms with Gasteiger partial charge in [0.15, 0.2) is 0 Å². The molecular formula is C20H26FNO2. The van der Waals surface area contributed by atoms with Crippen molar-refractivity contribution in [1.82, 2.24) is 5.32 Å². The second-order valence-corrected chi connectivity index (χ2v) is 7.31. The lowest BCUT2D eigenvalue weighted by atomic mass is 9.62. The normalized spacial score (nSPS) is 31.8. The minimum Gasteiger partial charge on any atom is -0.488 e. The highest BCUT2D eigenvalue weighted by atomic mass is 19.1. The van der Waals surface area contributed by atoms with Crippen LogP contribution in [0.1, 0.15) is 50.0 Å². The zero-order valence-electron chi connectivity index (χ0n) is 14.0. The Morgan fingerprint density at radius 3 is 2.29 bits per heavy atom. The van der Waals surface area contributed by atoms with Gasteiger partial charge in [-0.25, -0.2) is 4.39 Å². The monoisotopic (exact) mass is 331 g/mol. The van der Waals surface area contributed by atoms with Gasteiger partial charge >= 0.3 is 0 Å². The molecule has 0 aromatic heterocycles. The number of halogens is 1. The van der Waals surface area contributed by atoms with Crippen LogP contribution in [-0.2, 0) is 4.74 Å². The fraction of sp³-hybridized carbons (Fsp3) is 0.600. The van der Waals surface area contributed by atoms with Gasteiger partial charge < -0.3 is 14.8 Å². The lowest BCUT2D eigenvalue weighted by Gasteiger charge is -2.43. The van der Waals surface area contributed by atoms with E-state index < -0.39 is 6.67 Å². The number of allylic oxidation sites excluding steroid dienone is 1. The van der Waals surface area contributed by atoms with Crippen LogP contribution in [0.5, 0.6) is 5.75 Å². The SMILES string of the molecule is FCC1=CNC(COc2ccc(C3C4CCCC3CCC4)cc2)O1. The van der Waals surface area contributed by atoms with E-state index in [0.717, 1.165) is 23.5 Å². The lowest BCUT2D eigenvalue weighted by molar-refractivity contribution is 0.0689. The van der Waals surface area contributed by atoms with Crippen molar-refractivity contribution in [2.45, 2.75) is 50.7 Å². The molecule has 0 saturated heterocycles. The Labute approximate surface area is 143 Å². The number of alkyl halides is 1. The van der Waals surface area contributed by atoms with Gasteiger partial charge in [0, 0.05) is 6.20 Å². The Hall–Kier alpha value is -1.71. The Morgan fingerprint density at radius 2 is 1.71 bits per heavy atom. The average Bonchev–Trinajstić information content (AvgIpc) is 3.08. The molecule has 0 radical (unpaired) electrons. The highest BCUT2D eigenvalue weighted by Crippen LogP contribution is 2.49. The lowest BCUT2D eigenvalue weighted by Crippen LogP contribution is -2.30. The van der Waals surface area contributed by atoms with Crippen LogP contribution in [0.3, 0.4) is 0 Å². The van der Waals surface area contributed by atoms with E-state index in [0.29, 0.717) is 12.4 Å². The molecule has 1 atom stereocenters. The minimum absolute atomic E-state index is 0.298. The summed E-state index contributed by atoms with van der Waals surface area (Å²) in [7, 11) is 0. The molecule has 0 amide bonds. The molecule has 1 heterocycles. The second kappa shape index (κ2) is 7.04. The summed E-state index contributed by atoms with van der Waals surface area (Å²) in [5, 5.41) is 2.97. The van der Waals surface area contributed by atoms with Crippen LogP contribution in [0.4, 0.5) is 4.39 Å². The second-order valence-electron chi connectivity index (χ2n) is 7.31. The molecule has 2 saturated carbocycles. The van der Waals surface area contributed by atoms with Gasteiger partial charge in [-0.15, -0.1) is 0 Å². The van der Waals surface area contributed by atoms with Crippen molar-refractivity contribution in [3.63, 3.8) is 0 Å². The Balaban J connectivity index is 1.35. The number of hydrogen-bond donors (Lipinski definition) is 1. The van der Waals surface area contributed by atoms with Crippen molar-refractivity contribution in [1.29, 1.82) is 0 Å². The zero-order valence-corrected chi connectivity index (χ0v) is 14.0. The third-order valence-electron chi connectivity index (χ3n) is 5.84. The molecule has 1 N–H and O–H groups in total. The quantitative estimate of drug-likeness (QED) is 0.861. The van der Waals surface area contributed by atoms with Crippen molar-refractivity contribution in [3.8, 4) is 5.75 Å². The number of ether oxygens (including phenoxy) is 2. The first-order valence-corrected chi connectivity index (χ1v) is 9.24. The van der Waals surface area contributed by atoms with Gasteiger partial charge in [0.1, 0.15) is 24.8 Å². The van der Waals surface area contributed by atoms with Crippen molar-refractivity contribution in [3.05, 3.63) is 41.8 Å². The predicted molar refractivity (Wildman–Crippen MR) is 91.4 cm³/mol. The maximum Gasteiger partial charge on any atom is 0.203 e. The maximum atomic E-state index is 12.5. The molecule has 3 aliphatic rings. The van der Waals surface area contributed by atoms with Gasteiger partial charge in [0.25, 0.3) is 0 Å². The fourth-order valence-corrected chi connectivity index (χ4v) is 4.77. The molecule has 24 heavy (non-hydrogen) atoms. The standard InChI is InChI=1S/C20H26FNO2/c21-11-18-12-22-19(24-18)13-23-17-9-7-16(8-10-17)20-14-3-1-4-15(20)6-2-5-14/h7-10,12,14-15,19-20,22H,1-6,11,13H2. The molecule has 3 nitrogen and oxygen atoms in total. The summed E-state index contributed by atoms with van der Waals surface area (Å²) in [5.41, 5.74) is 1.48. The van der Waals surface area contributed by atoms with Crippen molar-refractivity contribution < 1.29 is 13.9 Å². The van der Waals surface area contributed by atoms with Crippen LogP contribution in [0.15, 0.2) is 36.2 Å². The fourth-order valence-electron chi connectivity index (χ4n) is 4.77. The summed E-state index contributed by atoms with van der Waals surface area (Å²) < 4.78 is 23.6. The molecule has 2 bridgehead atoms. The summed E-state index contributed by atoms with van der Waals surface area (Å²) in [5.74, 6) is 3.69. The molecule has 130 valence electrons. The first-order valence-electron chi connectivity index (χ1n) is 9.24. The Bertz CT molecular complexity index is 564. The van der Waals surface area contributed by atoms with Gasteiger partial charge in [0.05, 0.1) is 0 Å². The molecule has 0 spiro atoms. The number of nitrogens with one attached hydrogen (secondary N) is 1. The van der Waals surface area contributed by atoms with E-state index in [1.165, 1.54) is 44.1 Å². The average molecular weight is 331 g/mol. The molecule has 4 heteroatoms. The summed E-state index contributed by atoms with van der Waals surface area (Å²) in [6.45, 7) is -0.212. The topological polar surface area (TPSA) is 30.5 Å². The summed E-state index contributed by atoms with van der Waals surface area (Å²) >= 11 is 0. The molecule has 2 fully saturated rings. The molecule has 1 aromatic carbocycles. The van der Waals surface area contributed by atoms with Crippen LogP contribution < -0.4 is 10.1 Å². The van der Waals surface area contributed by atoms with Gasteiger partial charge in [-0.1, -0.05) is 25.0 Å². The minimum atomic E-state index is -0.581. The number of hydrogen-bond acceptors (Lipinski definition) is 3. The van der Waals surface area contributed by atoms with Crippen LogP contribution in [0.2, 0.25) is 0 Å². The first kappa shape index (κ1) is 15.8. The molecule has 1 aliphatic heterocycles. The largest absolute Gasteiger partial charge is 0.488 e. The van der Waals surface area contributed by atoms with E-state index in [2.05, 4.69) is 29.6 Å². The van der Waals surface area contributed by atoms with Crippen molar-refractivity contribution in [2.24, 2.45) is 11.8 Å². The van der Waals surface area contributed by atoms with E-state index in [4.69, 9.17) is 9.47 Å². The molecular weight excluding hydrogens is 305 g/mol. The zero-order chi connectivity index (χ0) is 16.4. The Kier molecular flexibility index (Phi) is 4.63. The van der Waals surface area contributed by atoms with E-state index in [-0.39, 0.29) is 6.23 Å². The third kappa shape index (κ3) is 3.24. The smallest absolute Gasteiger partial charge is 0.203 e. The molecule has 1 unspecified atom stereocenters. The van der Waals surface area contributed by atoms with E-state index in [1.54, 1.807) is 6.20 Å². The van der Waals surface area contributed by atoms with Gasteiger partial charge in [-0.2, -0.15) is 0 Å². The van der Waals surface area contributed by atoms with Crippen molar-refractivity contribution >= 4 is 0 Å². The van der Waals surface area contributed by atoms with Gasteiger partial charge in [-0.3, -0.25) is 0 Å². The van der Waals surface area contributed by atoms with E-state index >= 15 is 0 Å². The van der Waals surface area contributed by atoms with E-state index in [9.17, 15) is 4.39 Å². The number of fused-ring (bicyclic) bond motifs is 2. The maximum absolute atomic E-state index is 12.5. The molecule has 1 aromatic rings. The van der Waals surface area contributed by atoms with Gasteiger partial charge in [0.2, 0.25) is 6.23 Å². The number of benzene rings is 1. The number of rotatable bonds is 5. The molecule has 4 rings (SSSR count). The summed E-state index contributed by atoms with van der Waals surface area (Å²) in [6, 6.07) is 8.62. The van der Waals surface area contributed by atoms with Crippen LogP contribution in [0, 0.1) is 11.8 Å². The van der Waals surface area contributed by atoms with E-state index in [1.807, 2.05) is 0 Å². The highest BCUT2D eigenvalue weighted by Gasteiger charge is 2.36. The van der Waals surface area contributed by atoms with Crippen molar-refractivity contribution in [2.75, 3.05) is 13.3 Å². The molecule has 2 aliphatic carbocycles. The van der Waals surface area contributed by atoms with Crippen LogP contribution in [0.25, 0.3) is 0 Å². The highest BCUT2D eigenvalue weighted by molar-refractivity contribution is 5.31. The van der Waals surface area contributed by atoms with Gasteiger partial charge in [-0.05, 0) is 61.1 Å². The summed E-state index contributed by atoms with van der Waals surface area (Å²) in [6.07, 6.45) is 9.68. The Morgan fingerprint density at radius 1 is 1.04 bits per heavy atom. The first-order chi connectivity index (χ1) is 11.8. The summed E-state index contributed by atoms with van der Waals surface area (Å²) in [4.78, 5) is 0.